The highest BCUT2D eigenvalue weighted by molar-refractivity contribution is 6.05. The molecule has 0 radical (unpaired) electrons. The van der Waals surface area contributed by atoms with Gasteiger partial charge in [0.05, 0.1) is 6.10 Å². The van der Waals surface area contributed by atoms with Gasteiger partial charge in [-0.05, 0) is 43.9 Å². The molecule has 0 bridgehead atoms. The average Bonchev–Trinajstić information content (AvgIpc) is 2.61. The average molecular weight is 397 g/mol. The van der Waals surface area contributed by atoms with E-state index in [1.165, 1.54) is 6.07 Å². The molecule has 1 aromatic rings. The molecule has 1 spiro atoms. The topological polar surface area (TPSA) is 109 Å². The molecular formula is C18H22F3N5O2. The summed E-state index contributed by atoms with van der Waals surface area (Å²) in [6.45, 7) is 0. The van der Waals surface area contributed by atoms with Crippen LogP contribution in [0, 0.1) is 0 Å². The van der Waals surface area contributed by atoms with Gasteiger partial charge in [0.25, 0.3) is 0 Å². The van der Waals surface area contributed by atoms with Gasteiger partial charge in [0.2, 0.25) is 11.9 Å². The summed E-state index contributed by atoms with van der Waals surface area (Å²) in [5.41, 5.74) is 12.2. The van der Waals surface area contributed by atoms with E-state index in [1.54, 1.807) is 17.0 Å². The van der Waals surface area contributed by atoms with E-state index in [2.05, 4.69) is 9.98 Å². The van der Waals surface area contributed by atoms with Crippen molar-refractivity contribution in [2.75, 3.05) is 4.90 Å². The minimum atomic E-state index is -4.54. The first-order valence-electron chi connectivity index (χ1n) is 9.25. The Bertz CT molecular complexity index is 833. The Labute approximate surface area is 159 Å². The van der Waals surface area contributed by atoms with Crippen molar-refractivity contribution >= 4 is 17.6 Å². The molecular weight excluding hydrogens is 375 g/mol. The van der Waals surface area contributed by atoms with E-state index >= 15 is 0 Å². The first-order chi connectivity index (χ1) is 13.2. The second kappa shape index (κ2) is 6.54. The van der Waals surface area contributed by atoms with Crippen molar-refractivity contribution in [1.29, 1.82) is 0 Å². The van der Waals surface area contributed by atoms with Gasteiger partial charge in [0.1, 0.15) is 11.4 Å². The molecule has 1 fully saturated rings. The first kappa shape index (κ1) is 18.9. The molecule has 2 aliphatic heterocycles. The van der Waals surface area contributed by atoms with E-state index in [4.69, 9.17) is 16.2 Å². The summed E-state index contributed by atoms with van der Waals surface area (Å²) in [6.07, 6.45) is -3.98. The lowest BCUT2D eigenvalue weighted by Gasteiger charge is -2.46. The molecule has 1 saturated carbocycles. The van der Waals surface area contributed by atoms with Crippen LogP contribution < -0.4 is 21.1 Å². The molecule has 0 aromatic heterocycles. The van der Waals surface area contributed by atoms with Crippen LogP contribution in [0.1, 0.15) is 50.2 Å². The Morgan fingerprint density at radius 3 is 2.57 bits per heavy atom. The maximum Gasteiger partial charge on any atom is 0.425 e. The normalized spacial score (nSPS) is 26.9. The number of aliphatic imine (C=N–C) groups is 2. The van der Waals surface area contributed by atoms with Crippen LogP contribution in [0.4, 0.5) is 18.9 Å². The van der Waals surface area contributed by atoms with Gasteiger partial charge < -0.3 is 21.3 Å². The molecule has 2 heterocycles. The lowest BCUT2D eigenvalue weighted by Crippen LogP contribution is -2.58. The van der Waals surface area contributed by atoms with Crippen LogP contribution in [-0.4, -0.2) is 35.0 Å². The molecule has 0 amide bonds. The second-order valence-electron chi connectivity index (χ2n) is 7.44. The number of alkyl halides is 3. The summed E-state index contributed by atoms with van der Waals surface area (Å²) >= 11 is 0. The summed E-state index contributed by atoms with van der Waals surface area (Å²) < 4.78 is 44.1. The number of nitrogens with zero attached hydrogens (tertiary/aromatic N) is 3. The van der Waals surface area contributed by atoms with Crippen molar-refractivity contribution < 1.29 is 23.0 Å². The van der Waals surface area contributed by atoms with Crippen LogP contribution in [0.5, 0.6) is 5.75 Å². The van der Waals surface area contributed by atoms with E-state index in [0.29, 0.717) is 11.3 Å². The van der Waals surface area contributed by atoms with E-state index in [1.807, 2.05) is 0 Å². The number of rotatable bonds is 1. The Hall–Kier alpha value is -2.49. The monoisotopic (exact) mass is 397 g/mol. The number of hydrogen-bond acceptors (Lipinski definition) is 7. The molecule has 5 N–H and O–H groups in total. The molecule has 28 heavy (non-hydrogen) atoms. The zero-order chi connectivity index (χ0) is 20.1. The number of aliphatic hydroxyl groups excluding tert-OH is 1. The smallest absolute Gasteiger partial charge is 0.425 e. The fourth-order valence-electron chi connectivity index (χ4n) is 4.27. The number of fused-ring (bicyclic) bond motifs is 1. The molecule has 1 aliphatic carbocycles. The standard InChI is InChI=1S/C18H22F3N5O2/c19-18(20,21)14-9-12(27)11-8-10(4-5-13(11)28-14)26-16(23)24-15(22)25-17(26)6-2-1-3-7-17/h4-5,8,12,14,27H,1-3,6-7,9H2,(H4,22,23,24,25). The van der Waals surface area contributed by atoms with Gasteiger partial charge >= 0.3 is 6.18 Å². The summed E-state index contributed by atoms with van der Waals surface area (Å²) in [7, 11) is 0. The summed E-state index contributed by atoms with van der Waals surface area (Å²) in [4.78, 5) is 10.4. The minimum Gasteiger partial charge on any atom is -0.480 e. The van der Waals surface area contributed by atoms with Crippen molar-refractivity contribution in [1.82, 2.24) is 0 Å². The number of guanidine groups is 2. The predicted octanol–water partition coefficient (Wildman–Crippen LogP) is 2.54. The van der Waals surface area contributed by atoms with Gasteiger partial charge in [-0.25, -0.2) is 4.99 Å². The molecule has 3 aliphatic rings. The van der Waals surface area contributed by atoms with E-state index in [9.17, 15) is 18.3 Å². The van der Waals surface area contributed by atoms with Gasteiger partial charge in [-0.2, -0.15) is 18.2 Å². The summed E-state index contributed by atoms with van der Waals surface area (Å²) in [5, 5.41) is 10.3. The third kappa shape index (κ3) is 3.15. The van der Waals surface area contributed by atoms with Crippen molar-refractivity contribution in [2.24, 2.45) is 21.5 Å². The Kier molecular flexibility index (Phi) is 4.40. The maximum atomic E-state index is 13.0. The van der Waals surface area contributed by atoms with Crippen LogP contribution in [0.15, 0.2) is 28.2 Å². The number of aliphatic hydroxyl groups is 1. The van der Waals surface area contributed by atoms with Gasteiger partial charge in [0, 0.05) is 17.7 Å². The highest BCUT2D eigenvalue weighted by Crippen LogP contribution is 2.44. The molecule has 0 saturated heterocycles. The molecule has 10 heteroatoms. The summed E-state index contributed by atoms with van der Waals surface area (Å²) in [6, 6.07) is 4.64. The van der Waals surface area contributed by atoms with Gasteiger partial charge in [-0.3, -0.25) is 4.90 Å². The Morgan fingerprint density at radius 1 is 1.18 bits per heavy atom. The van der Waals surface area contributed by atoms with Gasteiger partial charge in [-0.1, -0.05) is 6.42 Å². The largest absolute Gasteiger partial charge is 0.480 e. The summed E-state index contributed by atoms with van der Waals surface area (Å²) in [5.74, 6) is 0.303. The molecule has 7 nitrogen and oxygen atoms in total. The van der Waals surface area contributed by atoms with E-state index in [0.717, 1.165) is 32.1 Å². The molecule has 4 rings (SSSR count). The maximum absolute atomic E-state index is 13.0. The van der Waals surface area contributed by atoms with E-state index in [-0.39, 0.29) is 17.7 Å². The quantitative estimate of drug-likeness (QED) is 0.675. The zero-order valence-electron chi connectivity index (χ0n) is 15.1. The lowest BCUT2D eigenvalue weighted by atomic mass is 9.87. The van der Waals surface area contributed by atoms with Crippen molar-refractivity contribution in [2.45, 2.75) is 62.6 Å². The lowest BCUT2D eigenvalue weighted by molar-refractivity contribution is -0.207. The fourth-order valence-corrected chi connectivity index (χ4v) is 4.27. The Balaban J connectivity index is 1.72. The van der Waals surface area contributed by atoms with Crippen LogP contribution in [0.3, 0.4) is 0 Å². The highest BCUT2D eigenvalue weighted by Gasteiger charge is 2.47. The van der Waals surface area contributed by atoms with Crippen LogP contribution in [-0.2, 0) is 0 Å². The van der Waals surface area contributed by atoms with E-state index < -0.39 is 30.5 Å². The van der Waals surface area contributed by atoms with Crippen molar-refractivity contribution in [3.63, 3.8) is 0 Å². The van der Waals surface area contributed by atoms with Gasteiger partial charge in [0.15, 0.2) is 6.10 Å². The highest BCUT2D eigenvalue weighted by atomic mass is 19.4. The van der Waals surface area contributed by atoms with Crippen LogP contribution >= 0.6 is 0 Å². The number of ether oxygens (including phenoxy) is 1. The molecule has 1 aromatic carbocycles. The number of anilines is 1. The number of benzene rings is 1. The fraction of sp³-hybridized carbons (Fsp3) is 0.556. The predicted molar refractivity (Wildman–Crippen MR) is 98.0 cm³/mol. The third-order valence-corrected chi connectivity index (χ3v) is 5.53. The van der Waals surface area contributed by atoms with Crippen molar-refractivity contribution in [3.8, 4) is 5.75 Å². The Morgan fingerprint density at radius 2 is 1.89 bits per heavy atom. The molecule has 152 valence electrons. The zero-order valence-corrected chi connectivity index (χ0v) is 15.1. The molecule has 2 unspecified atom stereocenters. The second-order valence-corrected chi connectivity index (χ2v) is 7.44. The van der Waals surface area contributed by atoms with Crippen LogP contribution in [0.2, 0.25) is 0 Å². The SMILES string of the molecule is NC1=NC2(CCCCC2)N(c2ccc3c(c2)C(O)CC(C(F)(F)F)O3)C(N)=N1. The number of hydrogen-bond donors (Lipinski definition) is 3. The molecule has 2 atom stereocenters. The minimum absolute atomic E-state index is 0.0121. The number of nitrogens with two attached hydrogens (primary N) is 2. The van der Waals surface area contributed by atoms with Crippen molar-refractivity contribution in [3.05, 3.63) is 23.8 Å². The third-order valence-electron chi connectivity index (χ3n) is 5.53. The van der Waals surface area contributed by atoms with Gasteiger partial charge in [-0.15, -0.1) is 0 Å². The number of halogens is 3. The first-order valence-corrected chi connectivity index (χ1v) is 9.25. The van der Waals surface area contributed by atoms with Crippen LogP contribution in [0.25, 0.3) is 0 Å².